The molecule has 0 radical (unpaired) electrons. The van der Waals surface area contributed by atoms with E-state index in [0.29, 0.717) is 38.9 Å². The molecule has 0 aliphatic rings. The first-order valence-electron chi connectivity index (χ1n) is 11.7. The Morgan fingerprint density at radius 3 is 1.53 bits per heavy atom. The summed E-state index contributed by atoms with van der Waals surface area (Å²) in [4.78, 5) is 24.4. The van der Waals surface area contributed by atoms with Crippen molar-refractivity contribution in [3.05, 3.63) is 48.5 Å². The van der Waals surface area contributed by atoms with Gasteiger partial charge in [-0.05, 0) is 49.9 Å². The van der Waals surface area contributed by atoms with Gasteiger partial charge in [-0.2, -0.15) is 0 Å². The van der Waals surface area contributed by atoms with Crippen LogP contribution in [0.5, 0.6) is 11.5 Å². The smallest absolute Gasteiger partial charge is 0.224 e. The van der Waals surface area contributed by atoms with Crippen LogP contribution in [0.25, 0.3) is 0 Å². The minimum Gasteiger partial charge on any atom is -0.494 e. The molecule has 2 N–H and O–H groups in total. The van der Waals surface area contributed by atoms with Gasteiger partial charge in [0.25, 0.3) is 0 Å². The summed E-state index contributed by atoms with van der Waals surface area (Å²) in [5, 5.41) is 5.79. The SMILES string of the molecule is CCCCOc1cccc(NC(=O)CCCCC(=O)Nc2cccc(OCCCC)c2)c1. The highest BCUT2D eigenvalue weighted by Gasteiger charge is 2.07. The number of benzene rings is 2. The monoisotopic (exact) mass is 440 g/mol. The lowest BCUT2D eigenvalue weighted by Gasteiger charge is -2.10. The largest absolute Gasteiger partial charge is 0.494 e. The van der Waals surface area contributed by atoms with Crippen molar-refractivity contribution in [1.29, 1.82) is 0 Å². The zero-order valence-electron chi connectivity index (χ0n) is 19.3. The van der Waals surface area contributed by atoms with Crippen LogP contribution in [0.1, 0.15) is 65.2 Å². The highest BCUT2D eigenvalue weighted by molar-refractivity contribution is 5.92. The molecule has 0 unspecified atom stereocenters. The van der Waals surface area contributed by atoms with Gasteiger partial charge >= 0.3 is 0 Å². The average Bonchev–Trinajstić information content (AvgIpc) is 2.78. The molecule has 2 aromatic rings. The summed E-state index contributed by atoms with van der Waals surface area (Å²) in [6.45, 7) is 5.58. The fourth-order valence-corrected chi connectivity index (χ4v) is 3.01. The first-order valence-corrected chi connectivity index (χ1v) is 11.7. The lowest BCUT2D eigenvalue weighted by Crippen LogP contribution is -2.13. The Kier molecular flexibility index (Phi) is 11.7. The van der Waals surface area contributed by atoms with Crippen LogP contribution >= 0.6 is 0 Å². The Labute approximate surface area is 191 Å². The predicted molar refractivity (Wildman–Crippen MR) is 129 cm³/mol. The molecule has 0 saturated carbocycles. The summed E-state index contributed by atoms with van der Waals surface area (Å²) in [5.41, 5.74) is 1.45. The topological polar surface area (TPSA) is 76.7 Å². The molecule has 0 aliphatic carbocycles. The first-order chi connectivity index (χ1) is 15.6. The van der Waals surface area contributed by atoms with Crippen molar-refractivity contribution in [3.63, 3.8) is 0 Å². The van der Waals surface area contributed by atoms with Crippen molar-refractivity contribution < 1.29 is 19.1 Å². The molecule has 0 atom stereocenters. The van der Waals surface area contributed by atoms with E-state index in [9.17, 15) is 9.59 Å². The number of carbonyl (C=O) groups is 2. The second-order valence-corrected chi connectivity index (χ2v) is 7.76. The van der Waals surface area contributed by atoms with E-state index < -0.39 is 0 Å². The number of nitrogens with one attached hydrogen (secondary N) is 2. The molecular formula is C26H36N2O4. The molecule has 2 aromatic carbocycles. The molecule has 0 saturated heterocycles. The van der Waals surface area contributed by atoms with Gasteiger partial charge in [-0.15, -0.1) is 0 Å². The summed E-state index contributed by atoms with van der Waals surface area (Å²) >= 11 is 0. The molecule has 0 aliphatic heterocycles. The molecule has 6 nitrogen and oxygen atoms in total. The van der Waals surface area contributed by atoms with E-state index in [-0.39, 0.29) is 11.8 Å². The number of anilines is 2. The maximum Gasteiger partial charge on any atom is 0.224 e. The molecule has 0 aromatic heterocycles. The molecule has 32 heavy (non-hydrogen) atoms. The summed E-state index contributed by atoms with van der Waals surface area (Å²) in [6.07, 6.45) is 6.19. The molecule has 0 bridgehead atoms. The third-order valence-electron chi connectivity index (χ3n) is 4.83. The first kappa shape index (κ1) is 25.2. The van der Waals surface area contributed by atoms with E-state index in [4.69, 9.17) is 9.47 Å². The van der Waals surface area contributed by atoms with E-state index in [1.807, 2.05) is 48.5 Å². The van der Waals surface area contributed by atoms with Crippen molar-refractivity contribution in [2.45, 2.75) is 65.2 Å². The summed E-state index contributed by atoms with van der Waals surface area (Å²) in [6, 6.07) is 14.9. The lowest BCUT2D eigenvalue weighted by atomic mass is 10.1. The number of hydrogen-bond acceptors (Lipinski definition) is 4. The van der Waals surface area contributed by atoms with Crippen LogP contribution < -0.4 is 20.1 Å². The zero-order chi connectivity index (χ0) is 23.0. The number of carbonyl (C=O) groups excluding carboxylic acids is 2. The van der Waals surface area contributed by atoms with Gasteiger partial charge in [0.1, 0.15) is 11.5 Å². The average molecular weight is 441 g/mol. The molecule has 2 rings (SSSR count). The van der Waals surface area contributed by atoms with Crippen molar-refractivity contribution in [1.82, 2.24) is 0 Å². The highest BCUT2D eigenvalue weighted by atomic mass is 16.5. The van der Waals surface area contributed by atoms with Gasteiger partial charge in [0.15, 0.2) is 0 Å². The minimum absolute atomic E-state index is 0.0620. The normalized spacial score (nSPS) is 10.4. The molecule has 0 spiro atoms. The number of ether oxygens (including phenoxy) is 2. The van der Waals surface area contributed by atoms with Crippen molar-refractivity contribution in [3.8, 4) is 11.5 Å². The fraction of sp³-hybridized carbons (Fsp3) is 0.462. The van der Waals surface area contributed by atoms with Crippen molar-refractivity contribution in [2.24, 2.45) is 0 Å². The van der Waals surface area contributed by atoms with Gasteiger partial charge in [-0.1, -0.05) is 38.8 Å². The van der Waals surface area contributed by atoms with E-state index in [2.05, 4.69) is 24.5 Å². The van der Waals surface area contributed by atoms with Crippen LogP contribution in [0.2, 0.25) is 0 Å². The molecule has 0 fully saturated rings. The van der Waals surface area contributed by atoms with Crippen molar-refractivity contribution >= 4 is 23.2 Å². The number of amides is 2. The van der Waals surface area contributed by atoms with E-state index in [1.54, 1.807) is 0 Å². The number of rotatable bonds is 15. The molecule has 6 heteroatoms. The summed E-state index contributed by atoms with van der Waals surface area (Å²) < 4.78 is 11.3. The molecular weight excluding hydrogens is 404 g/mol. The quantitative estimate of drug-likeness (QED) is 0.324. The third-order valence-corrected chi connectivity index (χ3v) is 4.83. The Balaban J connectivity index is 1.65. The van der Waals surface area contributed by atoms with Crippen LogP contribution in [0.15, 0.2) is 48.5 Å². The van der Waals surface area contributed by atoms with Crippen LogP contribution in [-0.4, -0.2) is 25.0 Å². The van der Waals surface area contributed by atoms with Gasteiger partial charge in [0, 0.05) is 36.3 Å². The van der Waals surface area contributed by atoms with Crippen molar-refractivity contribution in [2.75, 3.05) is 23.8 Å². The van der Waals surface area contributed by atoms with Gasteiger partial charge in [0.2, 0.25) is 11.8 Å². The second kappa shape index (κ2) is 14.9. The lowest BCUT2D eigenvalue weighted by molar-refractivity contribution is -0.118. The second-order valence-electron chi connectivity index (χ2n) is 7.76. The molecule has 174 valence electrons. The van der Waals surface area contributed by atoms with Crippen LogP contribution in [0.3, 0.4) is 0 Å². The van der Waals surface area contributed by atoms with Crippen LogP contribution in [-0.2, 0) is 9.59 Å². The van der Waals surface area contributed by atoms with Crippen LogP contribution in [0.4, 0.5) is 11.4 Å². The summed E-state index contributed by atoms with van der Waals surface area (Å²) in [7, 11) is 0. The third kappa shape index (κ3) is 10.3. The standard InChI is InChI=1S/C26H36N2O4/c1-3-5-17-31-23-13-9-11-21(19-23)27-25(29)15-7-8-16-26(30)28-22-12-10-14-24(20-22)32-18-6-4-2/h9-14,19-20H,3-8,15-18H2,1-2H3,(H,27,29)(H,28,30). The van der Waals surface area contributed by atoms with E-state index in [0.717, 1.165) is 48.6 Å². The Morgan fingerprint density at radius 1 is 0.688 bits per heavy atom. The zero-order valence-corrected chi connectivity index (χ0v) is 19.3. The summed E-state index contributed by atoms with van der Waals surface area (Å²) in [5.74, 6) is 1.39. The van der Waals surface area contributed by atoms with Crippen LogP contribution in [0, 0.1) is 0 Å². The molecule has 2 amide bonds. The maximum atomic E-state index is 12.2. The Bertz CT molecular complexity index is 769. The maximum absolute atomic E-state index is 12.2. The molecule has 0 heterocycles. The fourth-order valence-electron chi connectivity index (χ4n) is 3.01. The Hall–Kier alpha value is -3.02. The number of unbranched alkanes of at least 4 members (excludes halogenated alkanes) is 3. The highest BCUT2D eigenvalue weighted by Crippen LogP contribution is 2.19. The van der Waals surface area contributed by atoms with E-state index >= 15 is 0 Å². The predicted octanol–water partition coefficient (Wildman–Crippen LogP) is 6.18. The van der Waals surface area contributed by atoms with E-state index in [1.165, 1.54) is 0 Å². The van der Waals surface area contributed by atoms with Gasteiger partial charge in [0.05, 0.1) is 13.2 Å². The number of hydrogen-bond donors (Lipinski definition) is 2. The minimum atomic E-state index is -0.0620. The Morgan fingerprint density at radius 2 is 1.12 bits per heavy atom. The van der Waals surface area contributed by atoms with Gasteiger partial charge < -0.3 is 20.1 Å². The van der Waals surface area contributed by atoms with Gasteiger partial charge in [-0.3, -0.25) is 9.59 Å². The van der Waals surface area contributed by atoms with Gasteiger partial charge in [-0.25, -0.2) is 0 Å².